The monoisotopic (exact) mass is 561 g/mol. The molecule has 0 aromatic heterocycles. The van der Waals surface area contributed by atoms with Crippen molar-refractivity contribution in [3.05, 3.63) is 73.7 Å². The van der Waals surface area contributed by atoms with E-state index >= 15 is 0 Å². The predicted octanol–water partition coefficient (Wildman–Crippen LogP) is 8.65. The molecule has 2 aromatic carbocycles. The van der Waals surface area contributed by atoms with Crippen LogP contribution in [0.3, 0.4) is 0 Å². The van der Waals surface area contributed by atoms with Gasteiger partial charge in [-0.25, -0.2) is 4.39 Å². The summed E-state index contributed by atoms with van der Waals surface area (Å²) in [6.45, 7) is -0.348. The number of ketones is 1. The number of rotatable bonds is 7. The van der Waals surface area contributed by atoms with Gasteiger partial charge in [-0.3, -0.25) is 4.79 Å². The molecule has 1 aliphatic rings. The maximum absolute atomic E-state index is 14.9. The lowest BCUT2D eigenvalue weighted by Gasteiger charge is -2.26. The van der Waals surface area contributed by atoms with E-state index in [4.69, 9.17) is 34.8 Å². The largest absolute Gasteiger partial charge is 0.417 e. The molecular formula is C23H17Cl3F7NO. The number of allylic oxidation sites excluding steroid dienone is 1. The topological polar surface area (TPSA) is 29.1 Å². The van der Waals surface area contributed by atoms with Crippen molar-refractivity contribution in [2.75, 3.05) is 6.54 Å². The van der Waals surface area contributed by atoms with Gasteiger partial charge in [0.05, 0.1) is 27.2 Å². The highest BCUT2D eigenvalue weighted by molar-refractivity contribution is 6.48. The van der Waals surface area contributed by atoms with Crippen LogP contribution in [-0.2, 0) is 6.18 Å². The molecule has 35 heavy (non-hydrogen) atoms. The zero-order valence-corrected chi connectivity index (χ0v) is 19.9. The van der Waals surface area contributed by atoms with Crippen molar-refractivity contribution < 1.29 is 35.5 Å². The standard InChI is InChI=1S/C23H17Cl3F7NO/c24-17-7-12(8-18(25)21(17)26)15(22(28,29)30)9-19(27)11-4-5-14(16(6-11)23(31,32)33)20(35)10-34-13-2-1-3-13/h4-9,13,15,34H,1-3,10H2/b19-9-. The number of Topliss-reactive ketones (excluding diaryl/α,β-unsaturated/α-hetero) is 1. The van der Waals surface area contributed by atoms with Crippen molar-refractivity contribution in [3.63, 3.8) is 0 Å². The molecule has 3 rings (SSSR count). The average molecular weight is 563 g/mol. The summed E-state index contributed by atoms with van der Waals surface area (Å²) in [5.74, 6) is -5.03. The van der Waals surface area contributed by atoms with Crippen molar-refractivity contribution >= 4 is 46.4 Å². The van der Waals surface area contributed by atoms with Crippen LogP contribution >= 0.6 is 34.8 Å². The van der Waals surface area contributed by atoms with Crippen LogP contribution < -0.4 is 5.32 Å². The summed E-state index contributed by atoms with van der Waals surface area (Å²) in [4.78, 5) is 12.4. The Bertz CT molecular complexity index is 1120. The molecular weight excluding hydrogens is 546 g/mol. The van der Waals surface area contributed by atoms with Crippen LogP contribution in [0.2, 0.25) is 15.1 Å². The summed E-state index contributed by atoms with van der Waals surface area (Å²) < 4.78 is 96.9. The van der Waals surface area contributed by atoms with E-state index in [2.05, 4.69) is 5.32 Å². The van der Waals surface area contributed by atoms with Gasteiger partial charge in [0, 0.05) is 17.2 Å². The molecule has 1 aliphatic carbocycles. The SMILES string of the molecule is O=C(CNC1CCC1)c1ccc(/C(F)=C/C(c2cc(Cl)c(Cl)c(Cl)c2)C(F)(F)F)cc1C(F)(F)F. The van der Waals surface area contributed by atoms with Gasteiger partial charge in [-0.15, -0.1) is 0 Å². The fourth-order valence-corrected chi connectivity index (χ4v) is 4.11. The maximum atomic E-state index is 14.9. The highest BCUT2D eigenvalue weighted by atomic mass is 35.5. The minimum Gasteiger partial charge on any atom is -0.307 e. The Morgan fingerprint density at radius 2 is 1.63 bits per heavy atom. The summed E-state index contributed by atoms with van der Waals surface area (Å²) in [6, 6.07) is 3.63. The Kier molecular flexibility index (Phi) is 8.46. The molecule has 1 fully saturated rings. The van der Waals surface area contributed by atoms with E-state index < -0.39 is 52.1 Å². The van der Waals surface area contributed by atoms with Gasteiger partial charge in [-0.1, -0.05) is 53.4 Å². The fraction of sp³-hybridized carbons (Fsp3) is 0.348. The zero-order chi connectivity index (χ0) is 26.1. The third-order valence-corrected chi connectivity index (χ3v) is 6.79. The Morgan fingerprint density at radius 1 is 1.03 bits per heavy atom. The van der Waals surface area contributed by atoms with E-state index in [9.17, 15) is 35.5 Å². The fourth-order valence-electron chi connectivity index (χ4n) is 3.49. The molecule has 1 saturated carbocycles. The molecule has 12 heteroatoms. The molecule has 0 spiro atoms. The van der Waals surface area contributed by atoms with Crippen molar-refractivity contribution in [3.8, 4) is 0 Å². The molecule has 0 aliphatic heterocycles. The molecule has 0 saturated heterocycles. The molecule has 2 aromatic rings. The average Bonchev–Trinajstić information content (AvgIpc) is 2.72. The smallest absolute Gasteiger partial charge is 0.307 e. The number of hydrogen-bond donors (Lipinski definition) is 1. The maximum Gasteiger partial charge on any atom is 0.417 e. The first kappa shape index (κ1) is 27.8. The quantitative estimate of drug-likeness (QED) is 0.208. The summed E-state index contributed by atoms with van der Waals surface area (Å²) in [6.07, 6.45) is -7.40. The molecule has 190 valence electrons. The number of alkyl halides is 6. The van der Waals surface area contributed by atoms with Gasteiger partial charge in [-0.2, -0.15) is 26.3 Å². The number of nitrogens with one attached hydrogen (secondary N) is 1. The number of carbonyl (C=O) groups is 1. The Labute approximate surface area is 211 Å². The minimum absolute atomic E-state index is 0.0436. The molecule has 0 heterocycles. The van der Waals surface area contributed by atoms with Crippen LogP contribution in [0.5, 0.6) is 0 Å². The molecule has 0 radical (unpaired) electrons. The van der Waals surface area contributed by atoms with Gasteiger partial charge in [0.25, 0.3) is 0 Å². The Balaban J connectivity index is 1.98. The second kappa shape index (κ2) is 10.7. The van der Waals surface area contributed by atoms with Gasteiger partial charge >= 0.3 is 12.4 Å². The summed E-state index contributed by atoms with van der Waals surface area (Å²) in [5, 5.41) is 2.02. The molecule has 2 nitrogen and oxygen atoms in total. The highest BCUT2D eigenvalue weighted by Gasteiger charge is 2.41. The first-order chi connectivity index (χ1) is 16.2. The third kappa shape index (κ3) is 6.70. The lowest BCUT2D eigenvalue weighted by atomic mass is 9.92. The van der Waals surface area contributed by atoms with Crippen LogP contribution in [0, 0.1) is 0 Å². The van der Waals surface area contributed by atoms with Gasteiger partial charge in [0.1, 0.15) is 11.7 Å². The van der Waals surface area contributed by atoms with E-state index in [-0.39, 0.29) is 33.7 Å². The second-order valence-corrected chi connectivity index (χ2v) is 9.21. The van der Waals surface area contributed by atoms with E-state index in [1.807, 2.05) is 0 Å². The van der Waals surface area contributed by atoms with E-state index in [0.717, 1.165) is 43.5 Å². The van der Waals surface area contributed by atoms with E-state index in [1.54, 1.807) is 0 Å². The molecule has 1 unspecified atom stereocenters. The van der Waals surface area contributed by atoms with Crippen molar-refractivity contribution in [2.45, 2.75) is 43.6 Å². The summed E-state index contributed by atoms with van der Waals surface area (Å²) >= 11 is 17.3. The normalized spacial score (nSPS) is 16.2. The van der Waals surface area contributed by atoms with Crippen molar-refractivity contribution in [1.29, 1.82) is 0 Å². The minimum atomic E-state index is -5.04. The van der Waals surface area contributed by atoms with Crippen LogP contribution in [0.4, 0.5) is 30.7 Å². The lowest BCUT2D eigenvalue weighted by molar-refractivity contribution is -0.140. The van der Waals surface area contributed by atoms with Crippen molar-refractivity contribution in [2.24, 2.45) is 0 Å². The number of halogens is 10. The Morgan fingerprint density at radius 3 is 2.11 bits per heavy atom. The number of benzene rings is 2. The van der Waals surface area contributed by atoms with Crippen LogP contribution in [0.25, 0.3) is 5.83 Å². The highest BCUT2D eigenvalue weighted by Crippen LogP contribution is 2.42. The van der Waals surface area contributed by atoms with Crippen molar-refractivity contribution in [1.82, 2.24) is 5.32 Å². The van der Waals surface area contributed by atoms with Gasteiger partial charge in [0.2, 0.25) is 0 Å². The first-order valence-electron chi connectivity index (χ1n) is 10.2. The summed E-state index contributed by atoms with van der Waals surface area (Å²) in [5.41, 5.74) is -3.48. The Hall–Kier alpha value is -1.81. The van der Waals surface area contributed by atoms with E-state index in [1.165, 1.54) is 0 Å². The number of hydrogen-bond acceptors (Lipinski definition) is 2. The predicted molar refractivity (Wildman–Crippen MR) is 121 cm³/mol. The second-order valence-electron chi connectivity index (χ2n) is 8.02. The number of carbonyl (C=O) groups excluding carboxylic acids is 1. The molecule has 0 amide bonds. The van der Waals surface area contributed by atoms with Crippen LogP contribution in [0.15, 0.2) is 36.4 Å². The first-order valence-corrected chi connectivity index (χ1v) is 11.4. The third-order valence-electron chi connectivity index (χ3n) is 5.59. The summed E-state index contributed by atoms with van der Waals surface area (Å²) in [7, 11) is 0. The zero-order valence-electron chi connectivity index (χ0n) is 17.6. The molecule has 1 N–H and O–H groups in total. The molecule has 1 atom stereocenters. The lowest BCUT2D eigenvalue weighted by Crippen LogP contribution is -2.38. The van der Waals surface area contributed by atoms with E-state index in [0.29, 0.717) is 6.07 Å². The molecule has 0 bridgehead atoms. The van der Waals surface area contributed by atoms with Gasteiger partial charge < -0.3 is 5.32 Å². The van der Waals surface area contributed by atoms with Gasteiger partial charge in [0.15, 0.2) is 5.78 Å². The van der Waals surface area contributed by atoms with Gasteiger partial charge in [-0.05, 0) is 42.7 Å². The van der Waals surface area contributed by atoms with Crippen LogP contribution in [0.1, 0.15) is 52.2 Å². The van der Waals surface area contributed by atoms with Crippen LogP contribution in [-0.4, -0.2) is 24.5 Å².